The Hall–Kier alpha value is -3.51. The maximum Gasteiger partial charge on any atom is 0.276 e. The molecule has 152 valence electrons. The van der Waals surface area contributed by atoms with Crippen molar-refractivity contribution in [2.24, 2.45) is 0 Å². The van der Waals surface area contributed by atoms with Gasteiger partial charge in [0.25, 0.3) is 5.91 Å². The van der Waals surface area contributed by atoms with E-state index in [9.17, 15) is 10.1 Å². The molecule has 9 nitrogen and oxygen atoms in total. The van der Waals surface area contributed by atoms with E-state index < -0.39 is 0 Å². The van der Waals surface area contributed by atoms with Crippen LogP contribution in [0.1, 0.15) is 47.3 Å². The van der Waals surface area contributed by atoms with Gasteiger partial charge < -0.3 is 10.2 Å². The zero-order valence-corrected chi connectivity index (χ0v) is 16.7. The van der Waals surface area contributed by atoms with E-state index in [0.29, 0.717) is 36.0 Å². The van der Waals surface area contributed by atoms with Gasteiger partial charge in [-0.2, -0.15) is 10.4 Å². The fourth-order valence-corrected chi connectivity index (χ4v) is 3.84. The normalized spacial score (nSPS) is 18.9. The van der Waals surface area contributed by atoms with Crippen molar-refractivity contribution in [2.45, 2.75) is 31.7 Å². The van der Waals surface area contributed by atoms with E-state index in [1.54, 1.807) is 28.2 Å². The van der Waals surface area contributed by atoms with Crippen LogP contribution in [0.2, 0.25) is 0 Å². The summed E-state index contributed by atoms with van der Waals surface area (Å²) in [7, 11) is 0. The van der Waals surface area contributed by atoms with Crippen LogP contribution in [-0.2, 0) is 0 Å². The molecule has 0 unspecified atom stereocenters. The van der Waals surface area contributed by atoms with Crippen LogP contribution in [0.5, 0.6) is 0 Å². The quantitative estimate of drug-likeness (QED) is 0.711. The molecular weight excluding hydrogens is 380 g/mol. The van der Waals surface area contributed by atoms with Gasteiger partial charge >= 0.3 is 0 Å². The third-order valence-corrected chi connectivity index (χ3v) is 5.64. The van der Waals surface area contributed by atoms with Crippen molar-refractivity contribution < 1.29 is 4.79 Å². The minimum Gasteiger partial charge on any atom is -0.334 e. The van der Waals surface area contributed by atoms with Crippen molar-refractivity contribution >= 4 is 5.91 Å². The van der Waals surface area contributed by atoms with Crippen LogP contribution in [-0.4, -0.2) is 61.3 Å². The summed E-state index contributed by atoms with van der Waals surface area (Å²) in [6.45, 7) is 4.13. The van der Waals surface area contributed by atoms with Gasteiger partial charge in [0, 0.05) is 25.7 Å². The first-order valence-electron chi connectivity index (χ1n) is 10.2. The number of amides is 1. The van der Waals surface area contributed by atoms with Gasteiger partial charge in [-0.1, -0.05) is 11.3 Å². The van der Waals surface area contributed by atoms with E-state index in [1.165, 1.54) is 23.1 Å². The van der Waals surface area contributed by atoms with Gasteiger partial charge in [-0.25, -0.2) is 9.36 Å². The van der Waals surface area contributed by atoms with Crippen LogP contribution in [0, 0.1) is 11.3 Å². The summed E-state index contributed by atoms with van der Waals surface area (Å²) in [5.41, 5.74) is 3.51. The van der Waals surface area contributed by atoms with Gasteiger partial charge in [0.1, 0.15) is 11.8 Å². The van der Waals surface area contributed by atoms with E-state index >= 15 is 0 Å². The molecule has 2 fully saturated rings. The summed E-state index contributed by atoms with van der Waals surface area (Å²) in [6.07, 6.45) is 7.43. The number of nitriles is 1. The van der Waals surface area contributed by atoms with E-state index in [-0.39, 0.29) is 11.9 Å². The number of hydrogen-bond donors (Lipinski definition) is 1. The Bertz CT molecular complexity index is 1140. The molecule has 1 amide bonds. The van der Waals surface area contributed by atoms with Gasteiger partial charge in [-0.15, -0.1) is 5.10 Å². The molecule has 5 rings (SSSR count). The number of aromatic nitrogens is 5. The van der Waals surface area contributed by atoms with Crippen molar-refractivity contribution in [3.8, 4) is 17.4 Å². The number of benzene rings is 1. The van der Waals surface area contributed by atoms with Crippen LogP contribution in [0.4, 0.5) is 0 Å². The second kappa shape index (κ2) is 7.39. The molecule has 0 spiro atoms. The molecule has 1 atom stereocenters. The zero-order valence-electron chi connectivity index (χ0n) is 16.7. The predicted octanol–water partition coefficient (Wildman–Crippen LogP) is 1.64. The minimum absolute atomic E-state index is 0.121. The highest BCUT2D eigenvalue weighted by Crippen LogP contribution is 2.40. The molecule has 2 aromatic heterocycles. The molecule has 2 aliphatic rings. The molecule has 1 aliphatic carbocycles. The molecule has 30 heavy (non-hydrogen) atoms. The van der Waals surface area contributed by atoms with Gasteiger partial charge in [0.2, 0.25) is 0 Å². The molecule has 1 saturated heterocycles. The monoisotopic (exact) mass is 402 g/mol. The van der Waals surface area contributed by atoms with Crippen LogP contribution in [0.15, 0.2) is 36.8 Å². The summed E-state index contributed by atoms with van der Waals surface area (Å²) in [6, 6.07) is 8.49. The molecule has 0 radical (unpaired) electrons. The van der Waals surface area contributed by atoms with Crippen LogP contribution < -0.4 is 5.32 Å². The number of nitrogens with zero attached hydrogens (tertiary/aromatic N) is 7. The first-order valence-corrected chi connectivity index (χ1v) is 10.2. The third kappa shape index (κ3) is 3.46. The topological polar surface area (TPSA) is 105 Å². The average Bonchev–Trinajstić information content (AvgIpc) is 3.30. The van der Waals surface area contributed by atoms with Gasteiger partial charge in [0.15, 0.2) is 5.69 Å². The fraction of sp³-hybridized carbons (Fsp3) is 0.381. The highest BCUT2D eigenvalue weighted by Gasteiger charge is 2.25. The van der Waals surface area contributed by atoms with Crippen molar-refractivity contribution in [2.75, 3.05) is 19.6 Å². The number of rotatable bonds is 4. The Morgan fingerprint density at radius 2 is 2.13 bits per heavy atom. The van der Waals surface area contributed by atoms with Crippen LogP contribution in [0.3, 0.4) is 0 Å². The van der Waals surface area contributed by atoms with Crippen molar-refractivity contribution in [3.05, 3.63) is 53.6 Å². The highest BCUT2D eigenvalue weighted by atomic mass is 16.2. The molecule has 1 N–H and O–H groups in total. The predicted molar refractivity (Wildman–Crippen MR) is 109 cm³/mol. The molecule has 3 heterocycles. The highest BCUT2D eigenvalue weighted by molar-refractivity contribution is 5.92. The van der Waals surface area contributed by atoms with E-state index in [0.717, 1.165) is 12.2 Å². The number of carbonyl (C=O) groups excluding carboxylic acids is 1. The van der Waals surface area contributed by atoms with Gasteiger partial charge in [-0.05, 0) is 43.4 Å². The molecule has 0 bridgehead atoms. The molecule has 9 heteroatoms. The number of carbonyl (C=O) groups is 1. The summed E-state index contributed by atoms with van der Waals surface area (Å²) in [5.74, 6) is 0.466. The van der Waals surface area contributed by atoms with E-state index in [2.05, 4.69) is 39.8 Å². The van der Waals surface area contributed by atoms with Crippen molar-refractivity contribution in [1.29, 1.82) is 5.26 Å². The smallest absolute Gasteiger partial charge is 0.276 e. The summed E-state index contributed by atoms with van der Waals surface area (Å²) in [5, 5.41) is 25.4. The molecular formula is C21H22N8O. The Morgan fingerprint density at radius 1 is 1.27 bits per heavy atom. The maximum absolute atomic E-state index is 12.7. The Morgan fingerprint density at radius 3 is 2.90 bits per heavy atom. The van der Waals surface area contributed by atoms with Crippen molar-refractivity contribution in [3.63, 3.8) is 0 Å². The summed E-state index contributed by atoms with van der Waals surface area (Å²) >= 11 is 0. The summed E-state index contributed by atoms with van der Waals surface area (Å²) in [4.78, 5) is 14.5. The SMILES string of the molecule is C[C@H]1CN(C(=O)c2cn(-c3cnn(-c4ccc(C5CC5)cc4C#N)c3)nn2)CCN1. The lowest BCUT2D eigenvalue weighted by molar-refractivity contribution is 0.0703. The van der Waals surface area contributed by atoms with E-state index in [1.807, 2.05) is 12.1 Å². The van der Waals surface area contributed by atoms with Crippen LogP contribution in [0.25, 0.3) is 11.4 Å². The lowest BCUT2D eigenvalue weighted by Gasteiger charge is -2.31. The lowest BCUT2D eigenvalue weighted by atomic mass is 10.1. The summed E-state index contributed by atoms with van der Waals surface area (Å²) < 4.78 is 3.19. The van der Waals surface area contributed by atoms with E-state index in [4.69, 9.17) is 0 Å². The first kappa shape index (κ1) is 18.5. The third-order valence-electron chi connectivity index (χ3n) is 5.64. The molecule has 1 saturated carbocycles. The Kier molecular flexibility index (Phi) is 4.56. The number of nitrogens with one attached hydrogen (secondary N) is 1. The molecule has 1 aromatic carbocycles. The van der Waals surface area contributed by atoms with Crippen molar-refractivity contribution in [1.82, 2.24) is 35.0 Å². The Labute approximate surface area is 173 Å². The average molecular weight is 402 g/mol. The van der Waals surface area contributed by atoms with Crippen LogP contribution >= 0.6 is 0 Å². The number of piperazine rings is 1. The fourth-order valence-electron chi connectivity index (χ4n) is 3.84. The number of hydrogen-bond acceptors (Lipinski definition) is 6. The standard InChI is InChI=1S/C21H22N8O/c1-14-11-27(7-6-23-14)21(30)19-13-28(26-25-19)18-10-24-29(12-18)20-5-4-16(15-2-3-15)8-17(20)9-22/h4-5,8,10,12-15,23H,2-3,6-7,11H2,1H3/t14-/m0/s1. The second-order valence-electron chi connectivity index (χ2n) is 7.96. The Balaban J connectivity index is 1.37. The second-order valence-corrected chi connectivity index (χ2v) is 7.96. The maximum atomic E-state index is 12.7. The lowest BCUT2D eigenvalue weighted by Crippen LogP contribution is -2.51. The molecule has 1 aliphatic heterocycles. The molecule has 3 aromatic rings. The zero-order chi connectivity index (χ0) is 20.7. The minimum atomic E-state index is -0.121. The van der Waals surface area contributed by atoms with Gasteiger partial charge in [-0.3, -0.25) is 4.79 Å². The van der Waals surface area contributed by atoms with Gasteiger partial charge in [0.05, 0.1) is 29.8 Å². The first-order chi connectivity index (χ1) is 14.6. The largest absolute Gasteiger partial charge is 0.334 e.